The molecule has 1 aromatic rings. The summed E-state index contributed by atoms with van der Waals surface area (Å²) in [6.07, 6.45) is 0.384. The largest absolute Gasteiger partial charge is 0.378 e. The summed E-state index contributed by atoms with van der Waals surface area (Å²) in [5, 5.41) is 6.92. The first-order valence-electron chi connectivity index (χ1n) is 7.96. The number of amides is 1. The molecule has 0 radical (unpaired) electrons. The highest BCUT2D eigenvalue weighted by Crippen LogP contribution is 2.34. The summed E-state index contributed by atoms with van der Waals surface area (Å²) in [5.41, 5.74) is 1.62. The van der Waals surface area contributed by atoms with Gasteiger partial charge in [-0.3, -0.25) is 4.79 Å². The number of carbonyl (C=O) groups excluding carboxylic acids is 1. The van der Waals surface area contributed by atoms with E-state index in [-0.39, 0.29) is 11.9 Å². The summed E-state index contributed by atoms with van der Waals surface area (Å²) in [7, 11) is 0. The first kappa shape index (κ1) is 16.5. The van der Waals surface area contributed by atoms with E-state index in [0.29, 0.717) is 37.9 Å². The first-order valence-corrected chi connectivity index (χ1v) is 8.34. The van der Waals surface area contributed by atoms with Gasteiger partial charge in [-0.15, -0.1) is 0 Å². The van der Waals surface area contributed by atoms with E-state index in [0.717, 1.165) is 31.0 Å². The maximum Gasteiger partial charge on any atom is 0.226 e. The van der Waals surface area contributed by atoms with Crippen molar-refractivity contribution in [2.24, 2.45) is 0 Å². The predicted octanol–water partition coefficient (Wildman–Crippen LogP) is 1.49. The van der Waals surface area contributed by atoms with E-state index >= 15 is 0 Å². The molecule has 2 N–H and O–H groups in total. The highest BCUT2D eigenvalue weighted by Gasteiger charge is 2.21. The van der Waals surface area contributed by atoms with Gasteiger partial charge < -0.3 is 25.0 Å². The Hall–Kier alpha value is -1.34. The van der Waals surface area contributed by atoms with E-state index in [1.54, 1.807) is 0 Å². The van der Waals surface area contributed by atoms with Gasteiger partial charge in [0.2, 0.25) is 5.91 Å². The molecule has 2 aliphatic rings. The normalized spacial score (nSPS) is 22.0. The summed E-state index contributed by atoms with van der Waals surface area (Å²) in [6.45, 7) is 4.93. The van der Waals surface area contributed by atoms with Crippen LogP contribution >= 0.6 is 11.6 Å². The molecule has 0 bridgehead atoms. The number of hydrogen-bond donors (Lipinski definition) is 2. The Morgan fingerprint density at radius 1 is 1.30 bits per heavy atom. The van der Waals surface area contributed by atoms with Crippen molar-refractivity contribution in [3.63, 3.8) is 0 Å². The number of rotatable bonds is 4. The Balaban J connectivity index is 1.68. The van der Waals surface area contributed by atoms with E-state index < -0.39 is 0 Å². The standard InChI is InChI=1S/C16H22ClN3O3/c17-13-2-1-3-14(16(13)20-5-8-22-9-6-20)19-15(21)10-12-11-23-7-4-18-12/h1-3,12,18H,4-11H2,(H,19,21). The maximum atomic E-state index is 12.3. The van der Waals surface area contributed by atoms with Crippen molar-refractivity contribution in [1.82, 2.24) is 5.32 Å². The molecule has 2 saturated heterocycles. The van der Waals surface area contributed by atoms with Gasteiger partial charge in [0.15, 0.2) is 0 Å². The van der Waals surface area contributed by atoms with Gasteiger partial charge in [-0.05, 0) is 12.1 Å². The van der Waals surface area contributed by atoms with Gasteiger partial charge in [0, 0.05) is 32.1 Å². The minimum absolute atomic E-state index is 0.0372. The number of hydrogen-bond acceptors (Lipinski definition) is 5. The monoisotopic (exact) mass is 339 g/mol. The smallest absolute Gasteiger partial charge is 0.226 e. The Morgan fingerprint density at radius 2 is 2.13 bits per heavy atom. The molecule has 0 aromatic heterocycles. The maximum absolute atomic E-state index is 12.3. The highest BCUT2D eigenvalue weighted by molar-refractivity contribution is 6.34. The second-order valence-corrected chi connectivity index (χ2v) is 6.12. The van der Waals surface area contributed by atoms with Crippen molar-refractivity contribution in [3.8, 4) is 0 Å². The fourth-order valence-electron chi connectivity index (χ4n) is 2.90. The van der Waals surface area contributed by atoms with Gasteiger partial charge in [0.25, 0.3) is 0 Å². The highest BCUT2D eigenvalue weighted by atomic mass is 35.5. The van der Waals surface area contributed by atoms with Gasteiger partial charge in [-0.2, -0.15) is 0 Å². The van der Waals surface area contributed by atoms with Crippen LogP contribution < -0.4 is 15.5 Å². The van der Waals surface area contributed by atoms with E-state index in [1.165, 1.54) is 0 Å². The van der Waals surface area contributed by atoms with Crippen LogP contribution in [0.15, 0.2) is 18.2 Å². The molecule has 6 nitrogen and oxygen atoms in total. The number of para-hydroxylation sites is 1. The van der Waals surface area contributed by atoms with Gasteiger partial charge in [0.05, 0.1) is 42.8 Å². The quantitative estimate of drug-likeness (QED) is 0.870. The van der Waals surface area contributed by atoms with Crippen LogP contribution in [0.25, 0.3) is 0 Å². The third kappa shape index (κ3) is 4.35. The van der Waals surface area contributed by atoms with Crippen LogP contribution in [0.3, 0.4) is 0 Å². The molecule has 1 unspecified atom stereocenters. The predicted molar refractivity (Wildman–Crippen MR) is 90.3 cm³/mol. The molecule has 126 valence electrons. The molecule has 0 saturated carbocycles. The molecular formula is C16H22ClN3O3. The third-order valence-corrected chi connectivity index (χ3v) is 4.32. The van der Waals surface area contributed by atoms with Crippen LogP contribution in [0, 0.1) is 0 Å². The lowest BCUT2D eigenvalue weighted by atomic mass is 10.1. The first-order chi connectivity index (χ1) is 11.2. The lowest BCUT2D eigenvalue weighted by Gasteiger charge is -2.31. The van der Waals surface area contributed by atoms with Crippen LogP contribution in [-0.2, 0) is 14.3 Å². The van der Waals surface area contributed by atoms with Crippen molar-refractivity contribution in [2.45, 2.75) is 12.5 Å². The number of morpholine rings is 2. The molecule has 0 spiro atoms. The molecule has 1 amide bonds. The number of ether oxygens (including phenoxy) is 2. The SMILES string of the molecule is O=C(CC1COCCN1)Nc1cccc(Cl)c1N1CCOCC1. The molecule has 2 heterocycles. The van der Waals surface area contributed by atoms with Crippen LogP contribution in [-0.4, -0.2) is 58.0 Å². The van der Waals surface area contributed by atoms with Gasteiger partial charge in [-0.1, -0.05) is 17.7 Å². The number of nitrogens with one attached hydrogen (secondary N) is 2. The number of carbonyl (C=O) groups is 1. The Bertz CT molecular complexity index is 543. The van der Waals surface area contributed by atoms with Gasteiger partial charge in [-0.25, -0.2) is 0 Å². The minimum atomic E-state index is -0.0372. The molecule has 0 aliphatic carbocycles. The van der Waals surface area contributed by atoms with Gasteiger partial charge >= 0.3 is 0 Å². The fourth-order valence-corrected chi connectivity index (χ4v) is 3.19. The molecule has 2 fully saturated rings. The minimum Gasteiger partial charge on any atom is -0.378 e. The number of halogens is 1. The average molecular weight is 340 g/mol. The van der Waals surface area contributed by atoms with Gasteiger partial charge in [0.1, 0.15) is 0 Å². The van der Waals surface area contributed by atoms with Crippen molar-refractivity contribution in [1.29, 1.82) is 0 Å². The Morgan fingerprint density at radius 3 is 2.87 bits per heavy atom. The summed E-state index contributed by atoms with van der Waals surface area (Å²) in [6, 6.07) is 5.65. The molecule has 23 heavy (non-hydrogen) atoms. The zero-order valence-corrected chi connectivity index (χ0v) is 13.8. The van der Waals surface area contributed by atoms with E-state index in [2.05, 4.69) is 15.5 Å². The lowest BCUT2D eigenvalue weighted by molar-refractivity contribution is -0.117. The van der Waals surface area contributed by atoms with E-state index in [9.17, 15) is 4.79 Å². The van der Waals surface area contributed by atoms with Crippen LogP contribution in [0.2, 0.25) is 5.02 Å². The second-order valence-electron chi connectivity index (χ2n) is 5.71. The van der Waals surface area contributed by atoms with Crippen LogP contribution in [0.4, 0.5) is 11.4 Å². The summed E-state index contributed by atoms with van der Waals surface area (Å²) >= 11 is 6.37. The molecule has 7 heteroatoms. The average Bonchev–Trinajstić information content (AvgIpc) is 2.56. The summed E-state index contributed by atoms with van der Waals surface area (Å²) in [5.74, 6) is -0.0372. The molecule has 1 atom stereocenters. The zero-order chi connectivity index (χ0) is 16.1. The number of benzene rings is 1. The molecule has 1 aromatic carbocycles. The van der Waals surface area contributed by atoms with Crippen LogP contribution in [0.5, 0.6) is 0 Å². The summed E-state index contributed by atoms with van der Waals surface area (Å²) < 4.78 is 10.8. The van der Waals surface area contributed by atoms with Crippen molar-refractivity contribution in [2.75, 3.05) is 56.3 Å². The van der Waals surface area contributed by atoms with E-state index in [1.807, 2.05) is 18.2 Å². The molecular weight excluding hydrogens is 318 g/mol. The number of anilines is 2. The second kappa shape index (κ2) is 7.97. The fraction of sp³-hybridized carbons (Fsp3) is 0.562. The van der Waals surface area contributed by atoms with E-state index in [4.69, 9.17) is 21.1 Å². The van der Waals surface area contributed by atoms with Crippen LogP contribution in [0.1, 0.15) is 6.42 Å². The Labute approximate surface area is 141 Å². The van der Waals surface area contributed by atoms with Crippen molar-refractivity contribution in [3.05, 3.63) is 23.2 Å². The Kier molecular flexibility index (Phi) is 5.72. The third-order valence-electron chi connectivity index (χ3n) is 4.02. The summed E-state index contributed by atoms with van der Waals surface area (Å²) in [4.78, 5) is 14.5. The number of nitrogens with zero attached hydrogens (tertiary/aromatic N) is 1. The lowest BCUT2D eigenvalue weighted by Crippen LogP contribution is -2.43. The van der Waals surface area contributed by atoms with Crippen molar-refractivity contribution < 1.29 is 14.3 Å². The zero-order valence-electron chi connectivity index (χ0n) is 13.0. The van der Waals surface area contributed by atoms with Crippen molar-refractivity contribution >= 4 is 28.9 Å². The topological polar surface area (TPSA) is 62.8 Å². The molecule has 3 rings (SSSR count). The molecule has 2 aliphatic heterocycles.